The Labute approximate surface area is 124 Å². The third-order valence-electron chi connectivity index (χ3n) is 2.97. The van der Waals surface area contributed by atoms with Crippen molar-refractivity contribution in [2.45, 2.75) is 10.8 Å². The second-order valence-corrected chi connectivity index (χ2v) is 5.88. The van der Waals surface area contributed by atoms with Crippen molar-refractivity contribution < 1.29 is 17.7 Å². The summed E-state index contributed by atoms with van der Waals surface area (Å²) in [6.45, 7) is 0. The fraction of sp³-hybridized carbons (Fsp3) is 0.200. The molecule has 3 nitrogen and oxygen atoms in total. The summed E-state index contributed by atoms with van der Waals surface area (Å²) in [6.07, 6.45) is 0. The highest BCUT2D eigenvalue weighted by atomic mass is 32.2. The van der Waals surface area contributed by atoms with Crippen LogP contribution in [0.3, 0.4) is 0 Å². The molecule has 1 unspecified atom stereocenters. The Morgan fingerprint density at radius 3 is 2.48 bits per heavy atom. The normalized spacial score (nSPS) is 12.9. The summed E-state index contributed by atoms with van der Waals surface area (Å²) in [5, 5.41) is 0. The lowest BCUT2D eigenvalue weighted by atomic mass is 10.1. The van der Waals surface area contributed by atoms with Gasteiger partial charge in [0, 0.05) is 11.3 Å². The first-order valence-electron chi connectivity index (χ1n) is 6.19. The quantitative estimate of drug-likeness (QED) is 0.863. The van der Waals surface area contributed by atoms with Crippen LogP contribution in [0.25, 0.3) is 0 Å². The van der Waals surface area contributed by atoms with Crippen molar-refractivity contribution in [3.63, 3.8) is 0 Å². The molecule has 2 rings (SSSR count). The van der Waals surface area contributed by atoms with Gasteiger partial charge in [0.15, 0.2) is 0 Å². The smallest absolute Gasteiger partial charge is 0.284 e. The molecular formula is C15H15F2NO2S. The molecule has 6 heteroatoms. The Kier molecular flexibility index (Phi) is 4.57. The average Bonchev–Trinajstić information content (AvgIpc) is 2.48. The molecule has 0 aliphatic carbocycles. The molecule has 0 amide bonds. The Morgan fingerprint density at radius 2 is 1.86 bits per heavy atom. The number of hydrogen-bond acceptors (Lipinski definition) is 3. The van der Waals surface area contributed by atoms with E-state index >= 15 is 0 Å². The SMILES string of the molecule is COc1ccc(N)c(S(=O)CC(F)(F)c2ccccc2)c1. The van der Waals surface area contributed by atoms with Crippen LogP contribution in [0, 0.1) is 0 Å². The van der Waals surface area contributed by atoms with Crippen molar-refractivity contribution in [2.24, 2.45) is 0 Å². The molecule has 0 aromatic heterocycles. The van der Waals surface area contributed by atoms with Gasteiger partial charge in [0.05, 0.1) is 28.6 Å². The van der Waals surface area contributed by atoms with Crippen molar-refractivity contribution in [1.29, 1.82) is 0 Å². The summed E-state index contributed by atoms with van der Waals surface area (Å²) in [4.78, 5) is 0.157. The number of rotatable bonds is 5. The molecule has 0 radical (unpaired) electrons. The third-order valence-corrected chi connectivity index (χ3v) is 4.44. The van der Waals surface area contributed by atoms with Crippen LogP contribution in [0.5, 0.6) is 5.75 Å². The van der Waals surface area contributed by atoms with Crippen LogP contribution in [0.15, 0.2) is 53.4 Å². The maximum atomic E-state index is 14.1. The van der Waals surface area contributed by atoms with Crippen molar-refractivity contribution in [2.75, 3.05) is 18.6 Å². The first-order chi connectivity index (χ1) is 9.94. The zero-order valence-corrected chi connectivity index (χ0v) is 12.2. The molecule has 1 atom stereocenters. The van der Waals surface area contributed by atoms with E-state index in [0.29, 0.717) is 5.75 Å². The maximum absolute atomic E-state index is 14.1. The number of ether oxygens (including phenoxy) is 1. The van der Waals surface area contributed by atoms with Gasteiger partial charge in [0.25, 0.3) is 5.92 Å². The van der Waals surface area contributed by atoms with Crippen molar-refractivity contribution in [3.8, 4) is 5.75 Å². The summed E-state index contributed by atoms with van der Waals surface area (Å²) in [5.74, 6) is -3.59. The van der Waals surface area contributed by atoms with Gasteiger partial charge in [-0.25, -0.2) is 8.78 Å². The minimum atomic E-state index is -3.19. The number of methoxy groups -OCH3 is 1. The number of halogens is 2. The molecule has 0 saturated heterocycles. The second kappa shape index (κ2) is 6.22. The number of hydrogen-bond donors (Lipinski definition) is 1. The summed E-state index contributed by atoms with van der Waals surface area (Å²) < 4.78 is 45.5. The predicted octanol–water partition coefficient (Wildman–Crippen LogP) is 3.18. The lowest BCUT2D eigenvalue weighted by molar-refractivity contribution is 0.0222. The highest BCUT2D eigenvalue weighted by Gasteiger charge is 2.34. The van der Waals surface area contributed by atoms with Crippen molar-refractivity contribution in [1.82, 2.24) is 0 Å². The lowest BCUT2D eigenvalue weighted by Crippen LogP contribution is -2.22. The minimum Gasteiger partial charge on any atom is -0.497 e. The molecule has 2 aromatic rings. The van der Waals surface area contributed by atoms with E-state index in [4.69, 9.17) is 10.5 Å². The monoisotopic (exact) mass is 311 g/mol. The summed E-state index contributed by atoms with van der Waals surface area (Å²) in [6, 6.07) is 11.8. The molecule has 2 aromatic carbocycles. The van der Waals surface area contributed by atoms with Gasteiger partial charge in [-0.15, -0.1) is 0 Å². The lowest BCUT2D eigenvalue weighted by Gasteiger charge is -2.17. The Bertz CT molecular complexity index is 647. The van der Waals surface area contributed by atoms with E-state index in [0.717, 1.165) is 0 Å². The molecule has 112 valence electrons. The maximum Gasteiger partial charge on any atom is 0.284 e. The molecule has 0 saturated carbocycles. The zero-order chi connectivity index (χ0) is 15.5. The van der Waals surface area contributed by atoms with Crippen LogP contribution in [0.4, 0.5) is 14.5 Å². The van der Waals surface area contributed by atoms with Gasteiger partial charge in [-0.05, 0) is 18.2 Å². The molecule has 0 fully saturated rings. The van der Waals surface area contributed by atoms with E-state index < -0.39 is 22.5 Å². The van der Waals surface area contributed by atoms with Crippen molar-refractivity contribution >= 4 is 16.5 Å². The predicted molar refractivity (Wildman–Crippen MR) is 79.0 cm³/mol. The van der Waals surface area contributed by atoms with E-state index in [1.807, 2.05) is 0 Å². The molecule has 21 heavy (non-hydrogen) atoms. The van der Waals surface area contributed by atoms with E-state index in [2.05, 4.69) is 0 Å². The third kappa shape index (κ3) is 3.58. The van der Waals surface area contributed by atoms with E-state index in [9.17, 15) is 13.0 Å². The molecule has 0 heterocycles. The Balaban J connectivity index is 2.25. The summed E-state index contributed by atoms with van der Waals surface area (Å²) in [5.41, 5.74) is 5.75. The molecular weight excluding hydrogens is 296 g/mol. The van der Waals surface area contributed by atoms with Gasteiger partial charge in [-0.2, -0.15) is 0 Å². The first-order valence-corrected chi connectivity index (χ1v) is 7.51. The average molecular weight is 311 g/mol. The highest BCUT2D eigenvalue weighted by molar-refractivity contribution is 7.85. The molecule has 0 spiro atoms. The standard InChI is InChI=1S/C15H15F2NO2S/c1-20-12-7-8-13(18)14(9-12)21(19)10-15(16,17)11-5-3-2-4-6-11/h2-9H,10,18H2,1H3. The van der Waals surface area contributed by atoms with Crippen molar-refractivity contribution in [3.05, 3.63) is 54.1 Å². The zero-order valence-electron chi connectivity index (χ0n) is 11.4. The van der Waals surface area contributed by atoms with Gasteiger partial charge in [0.2, 0.25) is 0 Å². The van der Waals surface area contributed by atoms with Crippen LogP contribution in [-0.2, 0) is 16.7 Å². The molecule has 0 bridgehead atoms. The van der Waals surface area contributed by atoms with Crippen LogP contribution in [0.2, 0.25) is 0 Å². The number of benzene rings is 2. The van der Waals surface area contributed by atoms with Crippen LogP contribution < -0.4 is 10.5 Å². The number of alkyl halides is 2. The molecule has 0 aliphatic rings. The van der Waals surface area contributed by atoms with Crippen LogP contribution in [-0.4, -0.2) is 17.1 Å². The summed E-state index contributed by atoms with van der Waals surface area (Å²) in [7, 11) is -0.491. The minimum absolute atomic E-state index is 0.157. The topological polar surface area (TPSA) is 52.3 Å². The number of nitrogens with two attached hydrogens (primary N) is 1. The number of nitrogen functional groups attached to an aromatic ring is 1. The molecule has 0 aliphatic heterocycles. The van der Waals surface area contributed by atoms with Gasteiger partial charge in [-0.3, -0.25) is 4.21 Å². The fourth-order valence-corrected chi connectivity index (χ4v) is 3.08. The van der Waals surface area contributed by atoms with Gasteiger partial charge in [0.1, 0.15) is 5.75 Å². The van der Waals surface area contributed by atoms with E-state index in [-0.39, 0.29) is 16.1 Å². The number of anilines is 1. The Hall–Kier alpha value is -1.95. The largest absolute Gasteiger partial charge is 0.497 e. The Morgan fingerprint density at radius 1 is 1.19 bits per heavy atom. The second-order valence-electron chi connectivity index (χ2n) is 4.46. The van der Waals surface area contributed by atoms with Gasteiger partial charge in [-0.1, -0.05) is 30.3 Å². The molecule has 2 N–H and O–H groups in total. The van der Waals surface area contributed by atoms with E-state index in [1.54, 1.807) is 12.1 Å². The fourth-order valence-electron chi connectivity index (χ4n) is 1.85. The highest BCUT2D eigenvalue weighted by Crippen LogP contribution is 2.32. The first kappa shape index (κ1) is 15.4. The van der Waals surface area contributed by atoms with Crippen LogP contribution in [0.1, 0.15) is 5.56 Å². The summed E-state index contributed by atoms with van der Waals surface area (Å²) >= 11 is 0. The van der Waals surface area contributed by atoms with Gasteiger partial charge < -0.3 is 10.5 Å². The van der Waals surface area contributed by atoms with Crippen LogP contribution >= 0.6 is 0 Å². The van der Waals surface area contributed by atoms with Gasteiger partial charge >= 0.3 is 0 Å². The van der Waals surface area contributed by atoms with E-state index in [1.165, 1.54) is 43.5 Å².